The van der Waals surface area contributed by atoms with Crippen LogP contribution in [0, 0.1) is 6.92 Å². The molecule has 122 valence electrons. The van der Waals surface area contributed by atoms with Gasteiger partial charge in [-0.25, -0.2) is 4.98 Å². The fraction of sp³-hybridized carbons (Fsp3) is 0.474. The maximum Gasteiger partial charge on any atom is 0.266 e. The van der Waals surface area contributed by atoms with Crippen LogP contribution < -0.4 is 0 Å². The van der Waals surface area contributed by atoms with E-state index in [1.165, 1.54) is 5.56 Å². The summed E-state index contributed by atoms with van der Waals surface area (Å²) in [7, 11) is 0. The summed E-state index contributed by atoms with van der Waals surface area (Å²) in [5, 5.41) is 1.06. The molecule has 1 aliphatic heterocycles. The summed E-state index contributed by atoms with van der Waals surface area (Å²) < 4.78 is 0. The Hall–Kier alpha value is -1.68. The number of aryl methyl sites for hydroxylation is 1. The number of amides is 1. The van der Waals surface area contributed by atoms with Crippen molar-refractivity contribution in [3.8, 4) is 0 Å². The first-order valence-corrected chi connectivity index (χ1v) is 9.20. The molecule has 0 spiro atoms. The van der Waals surface area contributed by atoms with Crippen molar-refractivity contribution in [1.29, 1.82) is 0 Å². The first-order valence-electron chi connectivity index (χ1n) is 8.38. The number of benzene rings is 1. The Morgan fingerprint density at radius 3 is 2.74 bits per heavy atom. The average molecular weight is 328 g/mol. The van der Waals surface area contributed by atoms with Gasteiger partial charge in [-0.15, -0.1) is 11.3 Å². The van der Waals surface area contributed by atoms with E-state index in [9.17, 15) is 4.79 Å². The third kappa shape index (κ3) is 3.47. The standard InChI is InChI=1S/C19H24N2OS/c1-13(2)18-20-14(3)17(23-18)19(22)21-11-7-10-16(21)12-15-8-5-4-6-9-15/h4-6,8-9,13,16H,7,10-12H2,1-3H3/t16-/m1/s1. The molecule has 1 amide bonds. The van der Waals surface area contributed by atoms with E-state index in [2.05, 4.69) is 48.0 Å². The van der Waals surface area contributed by atoms with E-state index in [1.807, 2.05) is 13.0 Å². The molecule has 0 saturated carbocycles. The molecule has 23 heavy (non-hydrogen) atoms. The van der Waals surface area contributed by atoms with Crippen molar-refractivity contribution in [3.63, 3.8) is 0 Å². The van der Waals surface area contributed by atoms with Gasteiger partial charge in [0.25, 0.3) is 5.91 Å². The molecular formula is C19H24N2OS. The number of nitrogens with zero attached hydrogens (tertiary/aromatic N) is 2. The van der Waals surface area contributed by atoms with Crippen molar-refractivity contribution >= 4 is 17.2 Å². The summed E-state index contributed by atoms with van der Waals surface area (Å²) in [4.78, 5) is 20.5. The molecule has 1 aromatic heterocycles. The average Bonchev–Trinajstić information content (AvgIpc) is 3.14. The summed E-state index contributed by atoms with van der Waals surface area (Å²) in [6.45, 7) is 7.07. The van der Waals surface area contributed by atoms with Crippen LogP contribution in [-0.2, 0) is 6.42 Å². The van der Waals surface area contributed by atoms with Gasteiger partial charge in [0.05, 0.1) is 10.7 Å². The summed E-state index contributed by atoms with van der Waals surface area (Å²) in [6.07, 6.45) is 3.13. The minimum Gasteiger partial charge on any atom is -0.335 e. The first kappa shape index (κ1) is 16.2. The molecule has 2 aromatic rings. The topological polar surface area (TPSA) is 33.2 Å². The lowest BCUT2D eigenvalue weighted by molar-refractivity contribution is 0.0740. The third-order valence-electron chi connectivity index (χ3n) is 4.45. The predicted molar refractivity (Wildman–Crippen MR) is 95.1 cm³/mol. The van der Waals surface area contributed by atoms with Gasteiger partial charge in [0, 0.05) is 18.5 Å². The van der Waals surface area contributed by atoms with Gasteiger partial charge in [-0.3, -0.25) is 4.79 Å². The van der Waals surface area contributed by atoms with Crippen molar-refractivity contribution in [2.75, 3.05) is 6.54 Å². The lowest BCUT2D eigenvalue weighted by Crippen LogP contribution is -2.36. The first-order chi connectivity index (χ1) is 11.1. The SMILES string of the molecule is Cc1nc(C(C)C)sc1C(=O)N1CCC[C@@H]1Cc1ccccc1. The Morgan fingerprint density at radius 2 is 2.09 bits per heavy atom. The fourth-order valence-corrected chi connectivity index (χ4v) is 4.22. The molecule has 0 N–H and O–H groups in total. The van der Waals surface area contributed by atoms with Gasteiger partial charge in [-0.05, 0) is 31.7 Å². The highest BCUT2D eigenvalue weighted by atomic mass is 32.1. The van der Waals surface area contributed by atoms with Crippen LogP contribution in [0.15, 0.2) is 30.3 Å². The van der Waals surface area contributed by atoms with Gasteiger partial charge in [-0.1, -0.05) is 44.2 Å². The molecule has 4 heteroatoms. The van der Waals surface area contributed by atoms with E-state index in [0.717, 1.165) is 41.4 Å². The summed E-state index contributed by atoms with van der Waals surface area (Å²) in [5.41, 5.74) is 2.19. The Bertz CT molecular complexity index is 678. The smallest absolute Gasteiger partial charge is 0.266 e. The summed E-state index contributed by atoms with van der Waals surface area (Å²) in [5.74, 6) is 0.546. The van der Waals surface area contributed by atoms with E-state index >= 15 is 0 Å². The number of aromatic nitrogens is 1. The Kier molecular flexibility index (Phi) is 4.81. The number of carbonyl (C=O) groups excluding carboxylic acids is 1. The van der Waals surface area contributed by atoms with Crippen LogP contribution >= 0.6 is 11.3 Å². The van der Waals surface area contributed by atoms with Crippen molar-refractivity contribution in [3.05, 3.63) is 51.5 Å². The Labute approximate surface area is 142 Å². The van der Waals surface area contributed by atoms with E-state index in [-0.39, 0.29) is 5.91 Å². The number of hydrogen-bond donors (Lipinski definition) is 0. The molecule has 1 fully saturated rings. The minimum absolute atomic E-state index is 0.172. The lowest BCUT2D eigenvalue weighted by atomic mass is 10.0. The van der Waals surface area contributed by atoms with E-state index in [0.29, 0.717) is 12.0 Å². The van der Waals surface area contributed by atoms with Gasteiger partial charge in [0.2, 0.25) is 0 Å². The monoisotopic (exact) mass is 328 g/mol. The van der Waals surface area contributed by atoms with Crippen LogP contribution in [0.2, 0.25) is 0 Å². The zero-order valence-electron chi connectivity index (χ0n) is 14.1. The Morgan fingerprint density at radius 1 is 1.35 bits per heavy atom. The normalized spacial score (nSPS) is 17.9. The molecule has 1 saturated heterocycles. The second kappa shape index (κ2) is 6.83. The Balaban J connectivity index is 1.78. The van der Waals surface area contributed by atoms with Crippen molar-refractivity contribution in [2.45, 2.75) is 52.0 Å². The lowest BCUT2D eigenvalue weighted by Gasteiger charge is -2.24. The van der Waals surface area contributed by atoms with Crippen LogP contribution in [0.4, 0.5) is 0 Å². The molecule has 3 rings (SSSR count). The molecule has 1 atom stereocenters. The second-order valence-electron chi connectivity index (χ2n) is 6.61. The number of carbonyl (C=O) groups is 1. The molecule has 0 bridgehead atoms. The van der Waals surface area contributed by atoms with Crippen LogP contribution in [0.1, 0.15) is 58.5 Å². The van der Waals surface area contributed by atoms with Crippen LogP contribution in [0.3, 0.4) is 0 Å². The number of thiazole rings is 1. The maximum absolute atomic E-state index is 13.0. The van der Waals surface area contributed by atoms with Crippen molar-refractivity contribution < 1.29 is 4.79 Å². The molecule has 0 radical (unpaired) electrons. The molecule has 0 aliphatic carbocycles. The summed E-state index contributed by atoms with van der Waals surface area (Å²) in [6, 6.07) is 10.8. The van der Waals surface area contributed by atoms with Gasteiger partial charge in [0.15, 0.2) is 0 Å². The van der Waals surface area contributed by atoms with Crippen molar-refractivity contribution in [1.82, 2.24) is 9.88 Å². The molecule has 3 nitrogen and oxygen atoms in total. The fourth-order valence-electron chi connectivity index (χ4n) is 3.19. The van der Waals surface area contributed by atoms with Crippen molar-refractivity contribution in [2.24, 2.45) is 0 Å². The van der Waals surface area contributed by atoms with Gasteiger partial charge < -0.3 is 4.90 Å². The largest absolute Gasteiger partial charge is 0.335 e. The van der Waals surface area contributed by atoms with Crippen LogP contribution in [0.5, 0.6) is 0 Å². The molecular weight excluding hydrogens is 304 g/mol. The van der Waals surface area contributed by atoms with Crippen LogP contribution in [-0.4, -0.2) is 28.4 Å². The van der Waals surface area contributed by atoms with E-state index in [1.54, 1.807) is 11.3 Å². The summed E-state index contributed by atoms with van der Waals surface area (Å²) >= 11 is 1.57. The number of rotatable bonds is 4. The van der Waals surface area contributed by atoms with E-state index < -0.39 is 0 Å². The minimum atomic E-state index is 0.172. The highest BCUT2D eigenvalue weighted by Gasteiger charge is 2.31. The molecule has 2 heterocycles. The predicted octanol–water partition coefficient (Wildman–Crippen LogP) is 4.42. The number of hydrogen-bond acceptors (Lipinski definition) is 3. The van der Waals surface area contributed by atoms with E-state index in [4.69, 9.17) is 0 Å². The van der Waals surface area contributed by atoms with Gasteiger partial charge >= 0.3 is 0 Å². The maximum atomic E-state index is 13.0. The zero-order chi connectivity index (χ0) is 16.4. The highest BCUT2D eigenvalue weighted by molar-refractivity contribution is 7.13. The van der Waals surface area contributed by atoms with Gasteiger partial charge in [0.1, 0.15) is 4.88 Å². The van der Waals surface area contributed by atoms with Crippen LogP contribution in [0.25, 0.3) is 0 Å². The molecule has 1 aliphatic rings. The number of likely N-dealkylation sites (tertiary alicyclic amines) is 1. The third-order valence-corrected chi connectivity index (χ3v) is 5.90. The highest BCUT2D eigenvalue weighted by Crippen LogP contribution is 2.29. The van der Waals surface area contributed by atoms with Gasteiger partial charge in [-0.2, -0.15) is 0 Å². The second-order valence-corrected chi connectivity index (χ2v) is 7.64. The zero-order valence-corrected chi connectivity index (χ0v) is 14.9. The molecule has 1 aromatic carbocycles. The quantitative estimate of drug-likeness (QED) is 0.832. The molecule has 0 unspecified atom stereocenters.